The van der Waals surface area contributed by atoms with Crippen LogP contribution in [0.25, 0.3) is 0 Å². The van der Waals surface area contributed by atoms with E-state index in [9.17, 15) is 9.50 Å². The Balaban J connectivity index is 0.00000240. The van der Waals surface area contributed by atoms with Crippen LogP contribution in [0, 0.1) is 5.82 Å². The maximum Gasteiger partial charge on any atom is 0.193 e. The molecule has 2 aromatic rings. The molecule has 1 aliphatic carbocycles. The maximum atomic E-state index is 13.2. The SMILES string of the molecule is CN=C(NCC1(c2ccc(F)cc2)CC1)N1CCN(c2ccccc2O)CC1.I. The molecule has 2 N–H and O–H groups in total. The highest BCUT2D eigenvalue weighted by Crippen LogP contribution is 2.47. The molecule has 1 aliphatic heterocycles. The van der Waals surface area contributed by atoms with Gasteiger partial charge in [0, 0.05) is 45.2 Å². The molecule has 5 nitrogen and oxygen atoms in total. The van der Waals surface area contributed by atoms with Crippen molar-refractivity contribution in [2.24, 2.45) is 4.99 Å². The van der Waals surface area contributed by atoms with Crippen molar-refractivity contribution >= 4 is 35.6 Å². The van der Waals surface area contributed by atoms with Crippen molar-refractivity contribution in [2.75, 3.05) is 44.7 Å². The molecule has 0 spiro atoms. The van der Waals surface area contributed by atoms with Gasteiger partial charge in [0.2, 0.25) is 0 Å². The van der Waals surface area contributed by atoms with Gasteiger partial charge in [-0.25, -0.2) is 4.39 Å². The van der Waals surface area contributed by atoms with E-state index in [2.05, 4.69) is 20.1 Å². The van der Waals surface area contributed by atoms with Gasteiger partial charge < -0.3 is 20.2 Å². The molecule has 1 heterocycles. The standard InChI is InChI=1S/C22H27FN4O.HI/c1-24-21(25-16-22(10-11-22)17-6-8-18(23)9-7-17)27-14-12-26(13-15-27)19-4-2-3-5-20(19)28;/h2-9,28H,10-16H2,1H3,(H,24,25);1H. The summed E-state index contributed by atoms with van der Waals surface area (Å²) in [4.78, 5) is 8.94. The second kappa shape index (κ2) is 9.19. The lowest BCUT2D eigenvalue weighted by molar-refractivity contribution is 0.368. The maximum absolute atomic E-state index is 13.2. The van der Waals surface area contributed by atoms with E-state index in [1.807, 2.05) is 37.4 Å². The number of piperazine rings is 1. The monoisotopic (exact) mass is 510 g/mol. The van der Waals surface area contributed by atoms with Crippen LogP contribution in [0.4, 0.5) is 10.1 Å². The van der Waals surface area contributed by atoms with Crippen molar-refractivity contribution in [3.05, 3.63) is 59.9 Å². The average molecular weight is 510 g/mol. The van der Waals surface area contributed by atoms with Gasteiger partial charge in [-0.2, -0.15) is 0 Å². The molecule has 0 bridgehead atoms. The number of phenolic OH excluding ortho intramolecular Hbond substituents is 1. The van der Waals surface area contributed by atoms with E-state index in [4.69, 9.17) is 0 Å². The van der Waals surface area contributed by atoms with Crippen LogP contribution in [0.1, 0.15) is 18.4 Å². The zero-order chi connectivity index (χ0) is 19.6. The molecule has 1 saturated heterocycles. The third kappa shape index (κ3) is 4.76. The topological polar surface area (TPSA) is 51.1 Å². The van der Waals surface area contributed by atoms with Crippen LogP contribution < -0.4 is 10.2 Å². The van der Waals surface area contributed by atoms with Gasteiger partial charge in [-0.1, -0.05) is 24.3 Å². The van der Waals surface area contributed by atoms with Gasteiger partial charge in [0.25, 0.3) is 0 Å². The Morgan fingerprint density at radius 3 is 2.31 bits per heavy atom. The van der Waals surface area contributed by atoms with E-state index < -0.39 is 0 Å². The van der Waals surface area contributed by atoms with E-state index in [1.165, 1.54) is 5.56 Å². The van der Waals surface area contributed by atoms with Gasteiger partial charge in [-0.05, 0) is 42.7 Å². The Kier molecular flexibility index (Phi) is 6.87. The molecule has 1 saturated carbocycles. The fourth-order valence-electron chi connectivity index (χ4n) is 3.99. The molecule has 4 rings (SSSR count). The van der Waals surface area contributed by atoms with Crippen molar-refractivity contribution < 1.29 is 9.50 Å². The Labute approximate surface area is 188 Å². The summed E-state index contributed by atoms with van der Waals surface area (Å²) in [7, 11) is 1.81. The number of benzene rings is 2. The van der Waals surface area contributed by atoms with E-state index in [-0.39, 0.29) is 35.2 Å². The number of rotatable bonds is 4. The third-order valence-electron chi connectivity index (χ3n) is 5.91. The Bertz CT molecular complexity index is 846. The summed E-state index contributed by atoms with van der Waals surface area (Å²) < 4.78 is 13.2. The first-order valence-corrected chi connectivity index (χ1v) is 9.86. The molecule has 0 aromatic heterocycles. The lowest BCUT2D eigenvalue weighted by Crippen LogP contribution is -2.53. The summed E-state index contributed by atoms with van der Waals surface area (Å²) in [5.41, 5.74) is 2.18. The summed E-state index contributed by atoms with van der Waals surface area (Å²) in [6.45, 7) is 4.17. The minimum Gasteiger partial charge on any atom is -0.506 e. The molecule has 2 fully saturated rings. The number of hydrogen-bond donors (Lipinski definition) is 2. The Morgan fingerprint density at radius 1 is 1.07 bits per heavy atom. The number of halogens is 2. The predicted molar refractivity (Wildman–Crippen MR) is 126 cm³/mol. The van der Waals surface area contributed by atoms with Crippen LogP contribution in [0.5, 0.6) is 5.75 Å². The van der Waals surface area contributed by atoms with Crippen molar-refractivity contribution in [1.29, 1.82) is 0 Å². The van der Waals surface area contributed by atoms with Crippen LogP contribution >= 0.6 is 24.0 Å². The average Bonchev–Trinajstić information content (AvgIpc) is 3.51. The quantitative estimate of drug-likeness (QED) is 0.375. The van der Waals surface area contributed by atoms with Crippen LogP contribution in [0.3, 0.4) is 0 Å². The first kappa shape index (κ1) is 21.7. The molecule has 156 valence electrons. The second-order valence-electron chi connectivity index (χ2n) is 7.65. The van der Waals surface area contributed by atoms with Gasteiger partial charge in [0.15, 0.2) is 5.96 Å². The van der Waals surface area contributed by atoms with E-state index in [1.54, 1.807) is 18.2 Å². The summed E-state index contributed by atoms with van der Waals surface area (Å²) in [6.07, 6.45) is 2.23. The van der Waals surface area contributed by atoms with Gasteiger partial charge in [0.05, 0.1) is 5.69 Å². The van der Waals surface area contributed by atoms with Gasteiger partial charge >= 0.3 is 0 Å². The number of guanidine groups is 1. The van der Waals surface area contributed by atoms with Crippen molar-refractivity contribution in [1.82, 2.24) is 10.2 Å². The molecule has 7 heteroatoms. The summed E-state index contributed by atoms with van der Waals surface area (Å²) in [5.74, 6) is 1.05. The van der Waals surface area contributed by atoms with Gasteiger partial charge in [-0.3, -0.25) is 4.99 Å². The van der Waals surface area contributed by atoms with Crippen LogP contribution in [0.15, 0.2) is 53.5 Å². The van der Waals surface area contributed by atoms with Crippen molar-refractivity contribution in [3.63, 3.8) is 0 Å². The lowest BCUT2D eigenvalue weighted by Gasteiger charge is -2.38. The third-order valence-corrected chi connectivity index (χ3v) is 5.91. The molecule has 2 aromatic carbocycles. The molecule has 0 amide bonds. The molecule has 0 radical (unpaired) electrons. The number of aromatic hydroxyl groups is 1. The Hall–Kier alpha value is -2.03. The van der Waals surface area contributed by atoms with Crippen LogP contribution in [0.2, 0.25) is 0 Å². The number of nitrogens with one attached hydrogen (secondary N) is 1. The minimum atomic E-state index is -0.189. The first-order chi connectivity index (χ1) is 13.6. The molecular formula is C22H28FIN4O. The summed E-state index contributed by atoms with van der Waals surface area (Å²) in [5, 5.41) is 13.6. The number of hydrogen-bond acceptors (Lipinski definition) is 3. The summed E-state index contributed by atoms with van der Waals surface area (Å²) >= 11 is 0. The lowest BCUT2D eigenvalue weighted by atomic mass is 9.96. The van der Waals surface area contributed by atoms with Crippen molar-refractivity contribution in [2.45, 2.75) is 18.3 Å². The van der Waals surface area contributed by atoms with Gasteiger partial charge in [0.1, 0.15) is 11.6 Å². The fraction of sp³-hybridized carbons (Fsp3) is 0.409. The number of aliphatic imine (C=N–C) groups is 1. The summed E-state index contributed by atoms with van der Waals surface area (Å²) in [6, 6.07) is 14.4. The molecule has 0 atom stereocenters. The van der Waals surface area contributed by atoms with Crippen LogP contribution in [-0.4, -0.2) is 55.7 Å². The second-order valence-corrected chi connectivity index (χ2v) is 7.65. The van der Waals surface area contributed by atoms with Gasteiger partial charge in [-0.15, -0.1) is 24.0 Å². The number of nitrogens with zero attached hydrogens (tertiary/aromatic N) is 3. The Morgan fingerprint density at radius 2 is 1.72 bits per heavy atom. The zero-order valence-electron chi connectivity index (χ0n) is 16.6. The largest absolute Gasteiger partial charge is 0.506 e. The predicted octanol–water partition coefficient (Wildman–Crippen LogP) is 3.58. The number of anilines is 1. The van der Waals surface area contributed by atoms with E-state index in [0.29, 0.717) is 5.75 Å². The molecule has 2 aliphatic rings. The van der Waals surface area contributed by atoms with E-state index in [0.717, 1.165) is 57.2 Å². The molecule has 29 heavy (non-hydrogen) atoms. The first-order valence-electron chi connectivity index (χ1n) is 9.86. The molecule has 0 unspecified atom stereocenters. The van der Waals surface area contributed by atoms with Crippen molar-refractivity contribution in [3.8, 4) is 5.75 Å². The van der Waals surface area contributed by atoms with Crippen LogP contribution in [-0.2, 0) is 5.41 Å². The minimum absolute atomic E-state index is 0. The highest BCUT2D eigenvalue weighted by molar-refractivity contribution is 14.0. The normalized spacial score (nSPS) is 18.2. The number of para-hydroxylation sites is 2. The fourth-order valence-corrected chi connectivity index (χ4v) is 3.99. The smallest absolute Gasteiger partial charge is 0.193 e. The highest BCUT2D eigenvalue weighted by Gasteiger charge is 2.44. The highest BCUT2D eigenvalue weighted by atomic mass is 127. The number of phenols is 1. The van der Waals surface area contributed by atoms with E-state index >= 15 is 0 Å². The molecular weight excluding hydrogens is 482 g/mol. The zero-order valence-corrected chi connectivity index (χ0v) is 19.0.